The molecule has 0 saturated carbocycles. The molecule has 2 heterocycles. The van der Waals surface area contributed by atoms with Crippen molar-refractivity contribution in [3.8, 4) is 0 Å². The van der Waals surface area contributed by atoms with Gasteiger partial charge in [-0.25, -0.2) is 9.97 Å². The molecule has 7 heteroatoms. The van der Waals surface area contributed by atoms with Crippen LogP contribution in [0.4, 0.5) is 17.3 Å². The van der Waals surface area contributed by atoms with Crippen molar-refractivity contribution in [2.24, 2.45) is 0 Å². The second-order valence-electron chi connectivity index (χ2n) is 6.63. The zero-order valence-corrected chi connectivity index (χ0v) is 16.4. The molecule has 3 rings (SSSR count). The maximum atomic E-state index is 6.40. The van der Waals surface area contributed by atoms with E-state index in [0.717, 1.165) is 67.8 Å². The Morgan fingerprint density at radius 3 is 2.54 bits per heavy atom. The van der Waals surface area contributed by atoms with Crippen LogP contribution in [0.3, 0.4) is 0 Å². The molecule has 0 unspecified atom stereocenters. The molecule has 1 aromatic heterocycles. The summed E-state index contributed by atoms with van der Waals surface area (Å²) in [5, 5.41) is 7.42. The topological polar surface area (TPSA) is 62.3 Å². The summed E-state index contributed by atoms with van der Waals surface area (Å²) < 4.78 is 5.38. The van der Waals surface area contributed by atoms with Gasteiger partial charge in [0.25, 0.3) is 0 Å². The number of nitrogens with one attached hydrogen (secondary N) is 2. The highest BCUT2D eigenvalue weighted by Crippen LogP contribution is 2.30. The first-order chi connectivity index (χ1) is 12.5. The van der Waals surface area contributed by atoms with Crippen molar-refractivity contribution >= 4 is 28.9 Å². The minimum atomic E-state index is 0.695. The lowest BCUT2D eigenvalue weighted by Gasteiger charge is -2.26. The second-order valence-corrected chi connectivity index (χ2v) is 7.04. The highest BCUT2D eigenvalue weighted by molar-refractivity contribution is 6.33. The largest absolute Gasteiger partial charge is 0.379 e. The third-order valence-corrected chi connectivity index (χ3v) is 4.66. The molecule has 26 heavy (non-hydrogen) atoms. The lowest BCUT2D eigenvalue weighted by molar-refractivity contribution is 0.0398. The SMILES string of the molecule is Cc1cc(C)c(Nc2cc(NCCN3CCOCC3)nc(C)n2)c(Cl)c1. The molecule has 0 radical (unpaired) electrons. The summed E-state index contributed by atoms with van der Waals surface area (Å²) in [6, 6.07) is 5.97. The van der Waals surface area contributed by atoms with Crippen LogP contribution in [0, 0.1) is 20.8 Å². The molecule has 1 aliphatic heterocycles. The summed E-state index contributed by atoms with van der Waals surface area (Å²) >= 11 is 6.40. The average molecular weight is 376 g/mol. The monoisotopic (exact) mass is 375 g/mol. The van der Waals surface area contributed by atoms with Gasteiger partial charge in [0.2, 0.25) is 0 Å². The number of rotatable bonds is 6. The molecule has 1 aromatic carbocycles. The zero-order chi connectivity index (χ0) is 18.5. The lowest BCUT2D eigenvalue weighted by atomic mass is 10.1. The fraction of sp³-hybridized carbons (Fsp3) is 0.474. The number of ether oxygens (including phenoxy) is 1. The summed E-state index contributed by atoms with van der Waals surface area (Å²) in [4.78, 5) is 11.4. The Bertz CT molecular complexity index is 739. The molecule has 140 valence electrons. The molecule has 1 fully saturated rings. The number of hydrogen-bond donors (Lipinski definition) is 2. The van der Waals surface area contributed by atoms with E-state index in [0.29, 0.717) is 10.8 Å². The predicted molar refractivity (Wildman–Crippen MR) is 107 cm³/mol. The fourth-order valence-electron chi connectivity index (χ4n) is 3.09. The number of aromatic nitrogens is 2. The molecule has 0 amide bonds. The van der Waals surface area contributed by atoms with E-state index < -0.39 is 0 Å². The summed E-state index contributed by atoms with van der Waals surface area (Å²) in [6.07, 6.45) is 0. The van der Waals surface area contributed by atoms with Gasteiger partial charge in [0, 0.05) is 32.2 Å². The molecular formula is C19H26ClN5O. The normalized spacial score (nSPS) is 15.1. The molecule has 0 bridgehead atoms. The van der Waals surface area contributed by atoms with E-state index in [1.165, 1.54) is 0 Å². The van der Waals surface area contributed by atoms with E-state index in [4.69, 9.17) is 16.3 Å². The Balaban J connectivity index is 1.65. The van der Waals surface area contributed by atoms with E-state index >= 15 is 0 Å². The highest BCUT2D eigenvalue weighted by atomic mass is 35.5. The van der Waals surface area contributed by atoms with Crippen molar-refractivity contribution in [2.75, 3.05) is 50.0 Å². The van der Waals surface area contributed by atoms with Crippen LogP contribution >= 0.6 is 11.6 Å². The lowest BCUT2D eigenvalue weighted by Crippen LogP contribution is -2.39. The molecule has 1 saturated heterocycles. The first kappa shape index (κ1) is 18.9. The van der Waals surface area contributed by atoms with Crippen LogP contribution in [0.1, 0.15) is 17.0 Å². The Morgan fingerprint density at radius 1 is 1.08 bits per heavy atom. The van der Waals surface area contributed by atoms with Gasteiger partial charge in [-0.3, -0.25) is 4.90 Å². The summed E-state index contributed by atoms with van der Waals surface area (Å²) in [7, 11) is 0. The van der Waals surface area contributed by atoms with Gasteiger partial charge in [0.15, 0.2) is 0 Å². The van der Waals surface area contributed by atoms with E-state index in [-0.39, 0.29) is 0 Å². The smallest absolute Gasteiger partial charge is 0.136 e. The van der Waals surface area contributed by atoms with Crippen LogP contribution in [0.15, 0.2) is 18.2 Å². The van der Waals surface area contributed by atoms with Gasteiger partial charge >= 0.3 is 0 Å². The summed E-state index contributed by atoms with van der Waals surface area (Å²) in [6.45, 7) is 11.4. The quantitative estimate of drug-likeness (QED) is 0.805. The zero-order valence-electron chi connectivity index (χ0n) is 15.6. The van der Waals surface area contributed by atoms with Crippen LogP contribution in [0.25, 0.3) is 0 Å². The van der Waals surface area contributed by atoms with Crippen LogP contribution in [-0.2, 0) is 4.74 Å². The first-order valence-electron chi connectivity index (χ1n) is 8.95. The molecule has 0 spiro atoms. The molecule has 0 atom stereocenters. The third kappa shape index (κ3) is 5.06. The van der Waals surface area contributed by atoms with E-state index in [1.807, 2.05) is 32.9 Å². The molecule has 2 aromatic rings. The Labute approximate surface area is 159 Å². The first-order valence-corrected chi connectivity index (χ1v) is 9.32. The van der Waals surface area contributed by atoms with Crippen molar-refractivity contribution in [1.82, 2.24) is 14.9 Å². The van der Waals surface area contributed by atoms with E-state index in [9.17, 15) is 0 Å². The van der Waals surface area contributed by atoms with Crippen molar-refractivity contribution in [3.63, 3.8) is 0 Å². The second kappa shape index (κ2) is 8.66. The minimum Gasteiger partial charge on any atom is -0.379 e. The van der Waals surface area contributed by atoms with Crippen molar-refractivity contribution in [2.45, 2.75) is 20.8 Å². The maximum absolute atomic E-state index is 6.40. The number of morpholine rings is 1. The number of nitrogens with zero attached hydrogens (tertiary/aromatic N) is 3. The fourth-order valence-corrected chi connectivity index (χ4v) is 3.46. The standard InChI is InChI=1S/C19H26ClN5O/c1-13-10-14(2)19(16(20)11-13)24-18-12-17(22-15(3)23-18)21-4-5-25-6-8-26-9-7-25/h10-12H,4-9H2,1-3H3,(H2,21,22,23,24). The van der Waals surface area contributed by atoms with Crippen LogP contribution in [-0.4, -0.2) is 54.3 Å². The number of benzene rings is 1. The van der Waals surface area contributed by atoms with Crippen molar-refractivity contribution in [1.29, 1.82) is 0 Å². The summed E-state index contributed by atoms with van der Waals surface area (Å²) in [5.74, 6) is 2.26. The predicted octanol–water partition coefficient (Wildman–Crippen LogP) is 3.54. The number of anilines is 3. The Morgan fingerprint density at radius 2 is 1.81 bits per heavy atom. The molecule has 2 N–H and O–H groups in total. The number of halogens is 1. The average Bonchev–Trinajstić information content (AvgIpc) is 2.59. The van der Waals surface area contributed by atoms with Crippen molar-refractivity contribution in [3.05, 3.63) is 40.2 Å². The minimum absolute atomic E-state index is 0.695. The number of aryl methyl sites for hydroxylation is 3. The van der Waals surface area contributed by atoms with Gasteiger partial charge in [0.05, 0.1) is 23.9 Å². The van der Waals surface area contributed by atoms with E-state index in [1.54, 1.807) is 0 Å². The van der Waals surface area contributed by atoms with Crippen molar-refractivity contribution < 1.29 is 4.74 Å². The van der Waals surface area contributed by atoms with Gasteiger partial charge in [-0.15, -0.1) is 0 Å². The van der Waals surface area contributed by atoms with Crippen LogP contribution < -0.4 is 10.6 Å². The Hall–Kier alpha value is -1.89. The molecule has 0 aliphatic carbocycles. The van der Waals surface area contributed by atoms with Gasteiger partial charge < -0.3 is 15.4 Å². The van der Waals surface area contributed by atoms with Crippen LogP contribution in [0.5, 0.6) is 0 Å². The Kier molecular flexibility index (Phi) is 6.29. The molecule has 1 aliphatic rings. The van der Waals surface area contributed by atoms with Gasteiger partial charge in [-0.1, -0.05) is 17.7 Å². The number of hydrogen-bond acceptors (Lipinski definition) is 6. The summed E-state index contributed by atoms with van der Waals surface area (Å²) in [5.41, 5.74) is 3.12. The third-order valence-electron chi connectivity index (χ3n) is 4.36. The highest BCUT2D eigenvalue weighted by Gasteiger charge is 2.11. The van der Waals surface area contributed by atoms with Gasteiger partial charge in [-0.05, 0) is 38.0 Å². The van der Waals surface area contributed by atoms with Gasteiger partial charge in [0.1, 0.15) is 17.5 Å². The van der Waals surface area contributed by atoms with Crippen LogP contribution in [0.2, 0.25) is 5.02 Å². The van der Waals surface area contributed by atoms with E-state index in [2.05, 4.69) is 31.6 Å². The molecule has 6 nitrogen and oxygen atoms in total. The maximum Gasteiger partial charge on any atom is 0.136 e. The van der Waals surface area contributed by atoms with Gasteiger partial charge in [-0.2, -0.15) is 0 Å². The molecular weight excluding hydrogens is 350 g/mol.